The number of aromatic nitrogens is 3. The zero-order valence-electron chi connectivity index (χ0n) is 16.9. The van der Waals surface area contributed by atoms with Crippen LogP contribution in [0.25, 0.3) is 11.0 Å². The average Bonchev–Trinajstić information content (AvgIpc) is 3.25. The third-order valence-corrected chi connectivity index (χ3v) is 5.72. The summed E-state index contributed by atoms with van der Waals surface area (Å²) >= 11 is 0. The Balaban J connectivity index is 1.32. The summed E-state index contributed by atoms with van der Waals surface area (Å²) in [5, 5.41) is 10.7. The van der Waals surface area contributed by atoms with Gasteiger partial charge >= 0.3 is 0 Å². The van der Waals surface area contributed by atoms with Crippen LogP contribution in [0.4, 0.5) is 0 Å². The van der Waals surface area contributed by atoms with Gasteiger partial charge in [0.1, 0.15) is 22.5 Å². The Morgan fingerprint density at radius 1 is 1.03 bits per heavy atom. The minimum absolute atomic E-state index is 0.0749. The van der Waals surface area contributed by atoms with Gasteiger partial charge in [0.2, 0.25) is 0 Å². The van der Waals surface area contributed by atoms with Crippen LogP contribution in [0.2, 0.25) is 0 Å². The number of aryl methyl sites for hydroxylation is 1. The first-order chi connectivity index (χ1) is 14.2. The van der Waals surface area contributed by atoms with E-state index in [2.05, 4.69) is 27.5 Å². The fourth-order valence-corrected chi connectivity index (χ4v) is 3.96. The van der Waals surface area contributed by atoms with Crippen molar-refractivity contribution in [2.45, 2.75) is 25.7 Å². The number of carbonyl (C=O) groups is 1. The van der Waals surface area contributed by atoms with Crippen molar-refractivity contribution in [2.75, 3.05) is 27.3 Å². The number of hydrogen-bond donors (Lipinski definition) is 1. The number of methoxy groups -OCH3 is 2. The summed E-state index contributed by atoms with van der Waals surface area (Å²) in [5.41, 5.74) is 3.39. The molecule has 3 aromatic rings. The fourth-order valence-electron chi connectivity index (χ4n) is 3.96. The smallest absolute Gasteiger partial charge is 0.253 e. The Morgan fingerprint density at radius 2 is 1.72 bits per heavy atom. The van der Waals surface area contributed by atoms with E-state index in [-0.39, 0.29) is 5.91 Å². The number of carbonyl (C=O) groups excluding carboxylic acids is 1. The van der Waals surface area contributed by atoms with Crippen LogP contribution in [0.3, 0.4) is 0 Å². The van der Waals surface area contributed by atoms with Crippen molar-refractivity contribution in [3.63, 3.8) is 0 Å². The molecule has 0 unspecified atom stereocenters. The molecule has 1 N–H and O–H groups in total. The molecule has 0 aliphatic carbocycles. The summed E-state index contributed by atoms with van der Waals surface area (Å²) in [7, 11) is 3.34. The van der Waals surface area contributed by atoms with Gasteiger partial charge in [-0.2, -0.15) is 15.4 Å². The molecule has 0 saturated carbocycles. The predicted octanol–water partition coefficient (Wildman–Crippen LogP) is 3.46. The maximum Gasteiger partial charge on any atom is 0.253 e. The number of amides is 1. The second-order valence-electron chi connectivity index (χ2n) is 7.52. The van der Waals surface area contributed by atoms with Gasteiger partial charge < -0.3 is 14.4 Å². The Bertz CT molecular complexity index is 970. The Hall–Kier alpha value is -3.09. The van der Waals surface area contributed by atoms with Gasteiger partial charge in [-0.25, -0.2) is 0 Å². The minimum atomic E-state index is 0.0749. The number of hydrogen-bond acceptors (Lipinski definition) is 5. The number of ether oxygens (including phenoxy) is 2. The summed E-state index contributed by atoms with van der Waals surface area (Å²) in [4.78, 5) is 14.8. The van der Waals surface area contributed by atoms with Gasteiger partial charge in [-0.15, -0.1) is 0 Å². The van der Waals surface area contributed by atoms with Crippen LogP contribution >= 0.6 is 0 Å². The van der Waals surface area contributed by atoms with Crippen molar-refractivity contribution in [1.29, 1.82) is 0 Å². The standard InChI is InChI=1S/C22H26N4O3/c1-28-18-11-16(12-19(14-18)29-2)4-3-15-7-9-26(10-8-15)22(27)17-5-6-20-21(13-17)24-25-23-20/h5-6,11-15H,3-4,7-10H2,1-2H3,(H,23,24,25). The van der Waals surface area contributed by atoms with E-state index in [1.807, 2.05) is 29.2 Å². The molecule has 1 saturated heterocycles. The number of H-pyrrole nitrogens is 1. The lowest BCUT2D eigenvalue weighted by atomic mass is 9.90. The van der Waals surface area contributed by atoms with Crippen molar-refractivity contribution in [1.82, 2.24) is 20.3 Å². The topological polar surface area (TPSA) is 80.3 Å². The van der Waals surface area contributed by atoms with Crippen LogP contribution in [0.1, 0.15) is 35.2 Å². The zero-order chi connectivity index (χ0) is 20.2. The number of nitrogens with one attached hydrogen (secondary N) is 1. The van der Waals surface area contributed by atoms with E-state index in [9.17, 15) is 4.79 Å². The maximum absolute atomic E-state index is 12.8. The molecule has 152 valence electrons. The number of nitrogens with zero attached hydrogens (tertiary/aromatic N) is 3. The highest BCUT2D eigenvalue weighted by Gasteiger charge is 2.24. The molecule has 1 fully saturated rings. The van der Waals surface area contributed by atoms with Gasteiger partial charge in [0.25, 0.3) is 5.91 Å². The monoisotopic (exact) mass is 394 g/mol. The van der Waals surface area contributed by atoms with Gasteiger partial charge in [0, 0.05) is 24.7 Å². The molecule has 29 heavy (non-hydrogen) atoms. The number of benzene rings is 2. The lowest BCUT2D eigenvalue weighted by Gasteiger charge is -2.32. The molecular formula is C22H26N4O3. The molecule has 2 heterocycles. The Morgan fingerprint density at radius 3 is 2.41 bits per heavy atom. The van der Waals surface area contributed by atoms with E-state index >= 15 is 0 Å². The van der Waals surface area contributed by atoms with E-state index in [1.54, 1.807) is 14.2 Å². The summed E-state index contributed by atoms with van der Waals surface area (Å²) < 4.78 is 10.7. The van der Waals surface area contributed by atoms with E-state index in [0.29, 0.717) is 11.5 Å². The Labute approximate surface area is 170 Å². The molecule has 0 spiro atoms. The molecule has 0 bridgehead atoms. The molecular weight excluding hydrogens is 368 g/mol. The molecule has 4 rings (SSSR count). The summed E-state index contributed by atoms with van der Waals surface area (Å²) in [6.45, 7) is 1.59. The van der Waals surface area contributed by atoms with Crippen LogP contribution in [0.5, 0.6) is 11.5 Å². The van der Waals surface area contributed by atoms with E-state index in [1.165, 1.54) is 5.56 Å². The van der Waals surface area contributed by atoms with Crippen LogP contribution in [0.15, 0.2) is 36.4 Å². The molecule has 2 aromatic carbocycles. The van der Waals surface area contributed by atoms with Gasteiger partial charge in [-0.1, -0.05) is 0 Å². The third-order valence-electron chi connectivity index (χ3n) is 5.72. The zero-order valence-corrected chi connectivity index (χ0v) is 16.9. The first-order valence-corrected chi connectivity index (χ1v) is 9.98. The van der Waals surface area contributed by atoms with Crippen LogP contribution in [-0.4, -0.2) is 53.5 Å². The maximum atomic E-state index is 12.8. The van der Waals surface area contributed by atoms with Gasteiger partial charge in [-0.3, -0.25) is 4.79 Å². The predicted molar refractivity (Wildman–Crippen MR) is 110 cm³/mol. The SMILES string of the molecule is COc1cc(CCC2CCN(C(=O)c3ccc4n[nH]nc4c3)CC2)cc(OC)c1. The lowest BCUT2D eigenvalue weighted by Crippen LogP contribution is -2.38. The molecule has 0 radical (unpaired) electrons. The summed E-state index contributed by atoms with van der Waals surface area (Å²) in [6.07, 6.45) is 4.14. The molecule has 1 aliphatic rings. The van der Waals surface area contributed by atoms with E-state index in [4.69, 9.17) is 9.47 Å². The number of rotatable bonds is 6. The lowest BCUT2D eigenvalue weighted by molar-refractivity contribution is 0.0687. The van der Waals surface area contributed by atoms with Crippen molar-refractivity contribution in [3.8, 4) is 11.5 Å². The second kappa shape index (κ2) is 8.51. The van der Waals surface area contributed by atoms with E-state index in [0.717, 1.165) is 61.3 Å². The quantitative estimate of drug-likeness (QED) is 0.693. The van der Waals surface area contributed by atoms with Crippen molar-refractivity contribution in [3.05, 3.63) is 47.5 Å². The molecule has 0 atom stereocenters. The van der Waals surface area contributed by atoms with Gasteiger partial charge in [-0.05, 0) is 67.5 Å². The third kappa shape index (κ3) is 4.34. The largest absolute Gasteiger partial charge is 0.497 e. The highest BCUT2D eigenvalue weighted by molar-refractivity contribution is 5.97. The first kappa shape index (κ1) is 19.2. The molecule has 7 nitrogen and oxygen atoms in total. The number of piperidine rings is 1. The normalized spacial score (nSPS) is 14.9. The highest BCUT2D eigenvalue weighted by atomic mass is 16.5. The summed E-state index contributed by atoms with van der Waals surface area (Å²) in [6, 6.07) is 11.5. The van der Waals surface area contributed by atoms with Crippen molar-refractivity contribution < 1.29 is 14.3 Å². The molecule has 1 amide bonds. The van der Waals surface area contributed by atoms with Gasteiger partial charge in [0.05, 0.1) is 14.2 Å². The van der Waals surface area contributed by atoms with E-state index < -0.39 is 0 Å². The fraction of sp³-hybridized carbons (Fsp3) is 0.409. The van der Waals surface area contributed by atoms with Crippen LogP contribution < -0.4 is 9.47 Å². The minimum Gasteiger partial charge on any atom is -0.497 e. The first-order valence-electron chi connectivity index (χ1n) is 9.98. The number of fused-ring (bicyclic) bond motifs is 1. The number of aromatic amines is 1. The second-order valence-corrected chi connectivity index (χ2v) is 7.52. The van der Waals surface area contributed by atoms with Crippen LogP contribution in [0, 0.1) is 5.92 Å². The molecule has 1 aromatic heterocycles. The average molecular weight is 394 g/mol. The highest BCUT2D eigenvalue weighted by Crippen LogP contribution is 2.27. The molecule has 1 aliphatic heterocycles. The van der Waals surface area contributed by atoms with Gasteiger partial charge in [0.15, 0.2) is 0 Å². The van der Waals surface area contributed by atoms with Crippen molar-refractivity contribution in [2.24, 2.45) is 5.92 Å². The molecule has 7 heteroatoms. The number of likely N-dealkylation sites (tertiary alicyclic amines) is 1. The summed E-state index contributed by atoms with van der Waals surface area (Å²) in [5.74, 6) is 2.34. The van der Waals surface area contributed by atoms with Crippen molar-refractivity contribution >= 4 is 16.9 Å². The Kier molecular flexibility index (Phi) is 5.64. The van der Waals surface area contributed by atoms with Crippen LogP contribution in [-0.2, 0) is 6.42 Å².